The topological polar surface area (TPSA) is 69.7 Å². The smallest absolute Gasteiger partial charge is 0.335 e. The molecule has 0 atom stereocenters. The van der Waals surface area contributed by atoms with E-state index in [1.165, 1.54) is 6.42 Å². The number of rotatable bonds is 3. The Balaban J connectivity index is 2.07. The van der Waals surface area contributed by atoms with E-state index in [1.54, 1.807) is 11.8 Å². The van der Waals surface area contributed by atoms with E-state index < -0.39 is 17.6 Å². The molecule has 1 saturated carbocycles. The van der Waals surface area contributed by atoms with Gasteiger partial charge in [0.15, 0.2) is 0 Å². The molecule has 0 unspecified atom stereocenters. The first-order chi connectivity index (χ1) is 8.65. The summed E-state index contributed by atoms with van der Waals surface area (Å²) >= 11 is 0. The number of carbonyl (C=O) groups excluding carboxylic acids is 2. The zero-order chi connectivity index (χ0) is 13.1. The summed E-state index contributed by atoms with van der Waals surface area (Å²) in [4.78, 5) is 25.0. The van der Waals surface area contributed by atoms with Crippen LogP contribution in [0.1, 0.15) is 39.0 Å². The van der Waals surface area contributed by atoms with E-state index in [9.17, 15) is 14.7 Å². The van der Waals surface area contributed by atoms with E-state index in [0.717, 1.165) is 25.7 Å². The maximum atomic E-state index is 11.9. The van der Waals surface area contributed by atoms with Crippen molar-refractivity contribution in [3.05, 3.63) is 11.3 Å². The highest BCUT2D eigenvalue weighted by atomic mass is 16.5. The van der Waals surface area contributed by atoms with Crippen LogP contribution in [0.5, 0.6) is 0 Å². The second kappa shape index (κ2) is 5.42. The fourth-order valence-electron chi connectivity index (χ4n) is 2.64. The number of carbonyl (C=O) groups is 2. The van der Waals surface area contributed by atoms with Crippen LogP contribution in [-0.2, 0) is 14.3 Å². The quantitative estimate of drug-likeness (QED) is 0.679. The van der Waals surface area contributed by atoms with Gasteiger partial charge in [-0.2, -0.15) is 0 Å². The first-order valence-electron chi connectivity index (χ1n) is 6.53. The summed E-state index contributed by atoms with van der Waals surface area (Å²) in [5.74, 6) is -1.86. The van der Waals surface area contributed by atoms with Crippen LogP contribution in [0.15, 0.2) is 11.3 Å². The number of hydrogen-bond acceptors (Lipinski definition) is 4. The van der Waals surface area contributed by atoms with Gasteiger partial charge in [0, 0.05) is 6.04 Å². The highest BCUT2D eigenvalue weighted by Gasteiger charge is 2.34. The Morgan fingerprint density at radius 2 is 2.06 bits per heavy atom. The summed E-state index contributed by atoms with van der Waals surface area (Å²) in [5.41, 5.74) is -0.00702. The minimum Gasteiger partial charge on any atom is -0.868 e. The van der Waals surface area contributed by atoms with Gasteiger partial charge in [0.2, 0.25) is 5.91 Å². The van der Waals surface area contributed by atoms with Crippen LogP contribution in [0.3, 0.4) is 0 Å². The molecule has 0 aromatic carbocycles. The summed E-state index contributed by atoms with van der Waals surface area (Å²) in [6, 6.07) is 0.113. The zero-order valence-electron chi connectivity index (χ0n) is 10.6. The normalized spacial score (nSPS) is 21.6. The SMILES string of the molecule is CCOC(=O)C1=C([O-])C(=O)N(C2CCCCC2)C1. The molecule has 18 heavy (non-hydrogen) atoms. The van der Waals surface area contributed by atoms with E-state index in [1.807, 2.05) is 0 Å². The molecule has 1 aliphatic heterocycles. The van der Waals surface area contributed by atoms with Crippen molar-refractivity contribution in [2.75, 3.05) is 13.2 Å². The lowest BCUT2D eigenvalue weighted by molar-refractivity contribution is -0.300. The van der Waals surface area contributed by atoms with Crippen molar-refractivity contribution in [2.45, 2.75) is 45.1 Å². The lowest BCUT2D eigenvalue weighted by atomic mass is 9.94. The summed E-state index contributed by atoms with van der Waals surface area (Å²) in [6.45, 7) is 2.02. The van der Waals surface area contributed by atoms with Gasteiger partial charge in [0.1, 0.15) is 0 Å². The largest absolute Gasteiger partial charge is 0.868 e. The Hall–Kier alpha value is -1.52. The van der Waals surface area contributed by atoms with Gasteiger partial charge < -0.3 is 14.7 Å². The molecule has 0 saturated heterocycles. The number of ether oxygens (including phenoxy) is 1. The number of esters is 1. The number of amides is 1. The molecule has 2 rings (SSSR count). The van der Waals surface area contributed by atoms with Gasteiger partial charge in [-0.05, 0) is 25.5 Å². The fourth-order valence-corrected chi connectivity index (χ4v) is 2.64. The van der Waals surface area contributed by atoms with Gasteiger partial charge in [-0.25, -0.2) is 4.79 Å². The molecule has 0 aromatic rings. The average molecular weight is 252 g/mol. The van der Waals surface area contributed by atoms with Crippen molar-refractivity contribution in [1.29, 1.82) is 0 Å². The van der Waals surface area contributed by atoms with E-state index in [0.29, 0.717) is 0 Å². The van der Waals surface area contributed by atoms with E-state index in [4.69, 9.17) is 4.74 Å². The average Bonchev–Trinajstić information content (AvgIpc) is 2.68. The van der Waals surface area contributed by atoms with Crippen LogP contribution in [0.4, 0.5) is 0 Å². The zero-order valence-corrected chi connectivity index (χ0v) is 10.6. The minimum atomic E-state index is -0.681. The molecule has 0 aromatic heterocycles. The first kappa shape index (κ1) is 12.9. The predicted molar refractivity (Wildman–Crippen MR) is 62.2 cm³/mol. The van der Waals surface area contributed by atoms with Crippen LogP contribution >= 0.6 is 0 Å². The summed E-state index contributed by atoms with van der Waals surface area (Å²) in [6.07, 6.45) is 5.19. The highest BCUT2D eigenvalue weighted by Crippen LogP contribution is 2.27. The van der Waals surface area contributed by atoms with Gasteiger partial charge in [-0.15, -0.1) is 0 Å². The molecule has 5 heteroatoms. The van der Waals surface area contributed by atoms with Crippen molar-refractivity contribution in [1.82, 2.24) is 4.90 Å². The molecule has 1 heterocycles. The summed E-state index contributed by atoms with van der Waals surface area (Å²) in [7, 11) is 0. The van der Waals surface area contributed by atoms with Crippen molar-refractivity contribution in [3.8, 4) is 0 Å². The lowest BCUT2D eigenvalue weighted by Crippen LogP contribution is -2.40. The standard InChI is InChI=1S/C13H19NO4/c1-2-18-13(17)10-8-14(12(16)11(10)15)9-6-4-3-5-7-9/h9,15H,2-8H2,1H3/p-1. The lowest BCUT2D eigenvalue weighted by Gasteiger charge is -2.31. The van der Waals surface area contributed by atoms with E-state index in [2.05, 4.69) is 0 Å². The molecule has 100 valence electrons. The van der Waals surface area contributed by atoms with Gasteiger partial charge in [-0.1, -0.05) is 19.3 Å². The Bertz CT molecular complexity index is 382. The van der Waals surface area contributed by atoms with Crippen LogP contribution < -0.4 is 5.11 Å². The van der Waals surface area contributed by atoms with Gasteiger partial charge >= 0.3 is 5.97 Å². The van der Waals surface area contributed by atoms with Crippen LogP contribution in [0.2, 0.25) is 0 Å². The van der Waals surface area contributed by atoms with Crippen molar-refractivity contribution in [3.63, 3.8) is 0 Å². The summed E-state index contributed by atoms with van der Waals surface area (Å²) < 4.78 is 4.80. The van der Waals surface area contributed by atoms with E-state index >= 15 is 0 Å². The second-order valence-corrected chi connectivity index (χ2v) is 4.75. The third kappa shape index (κ3) is 2.35. The Morgan fingerprint density at radius 3 is 2.67 bits per heavy atom. The molecule has 0 spiro atoms. The molecular weight excluding hydrogens is 234 g/mol. The molecule has 1 amide bonds. The molecular formula is C13H18NO4-. The number of nitrogens with zero attached hydrogens (tertiary/aromatic N) is 1. The number of hydrogen-bond donors (Lipinski definition) is 0. The minimum absolute atomic E-state index is 0.00702. The monoisotopic (exact) mass is 252 g/mol. The van der Waals surface area contributed by atoms with Crippen molar-refractivity contribution in [2.24, 2.45) is 0 Å². The Labute approximate surface area is 106 Å². The molecule has 0 N–H and O–H groups in total. The van der Waals surface area contributed by atoms with E-state index in [-0.39, 0.29) is 24.8 Å². The van der Waals surface area contributed by atoms with Gasteiger partial charge in [0.25, 0.3) is 0 Å². The van der Waals surface area contributed by atoms with Crippen LogP contribution in [0.25, 0.3) is 0 Å². The van der Waals surface area contributed by atoms with Crippen LogP contribution in [0, 0.1) is 0 Å². The molecule has 1 aliphatic carbocycles. The van der Waals surface area contributed by atoms with Gasteiger partial charge in [-0.3, -0.25) is 4.79 Å². The Morgan fingerprint density at radius 1 is 1.39 bits per heavy atom. The second-order valence-electron chi connectivity index (χ2n) is 4.75. The Kier molecular flexibility index (Phi) is 3.89. The van der Waals surface area contributed by atoms with Crippen molar-refractivity contribution >= 4 is 11.9 Å². The summed E-state index contributed by atoms with van der Waals surface area (Å²) in [5, 5.41) is 11.7. The maximum Gasteiger partial charge on any atom is 0.335 e. The molecule has 0 radical (unpaired) electrons. The predicted octanol–water partition coefficient (Wildman–Crippen LogP) is 0.339. The van der Waals surface area contributed by atoms with Gasteiger partial charge in [0.05, 0.1) is 18.7 Å². The molecule has 5 nitrogen and oxygen atoms in total. The highest BCUT2D eigenvalue weighted by molar-refractivity contribution is 6.04. The maximum absolute atomic E-state index is 11.9. The third-order valence-electron chi connectivity index (χ3n) is 3.59. The molecule has 0 bridgehead atoms. The van der Waals surface area contributed by atoms with Crippen molar-refractivity contribution < 1.29 is 19.4 Å². The molecule has 2 aliphatic rings. The first-order valence-corrected chi connectivity index (χ1v) is 6.53. The van der Waals surface area contributed by atoms with Crippen LogP contribution in [-0.4, -0.2) is 36.0 Å². The molecule has 1 fully saturated rings. The third-order valence-corrected chi connectivity index (χ3v) is 3.59. The fraction of sp³-hybridized carbons (Fsp3) is 0.692.